The molecule has 1 aromatic heterocycles. The van der Waals surface area contributed by atoms with E-state index in [-0.39, 0.29) is 11.7 Å². The Hall–Kier alpha value is -1.79. The fraction of sp³-hybridized carbons (Fsp3) is 0.529. The maximum Gasteiger partial charge on any atom is 0.410 e. The molecule has 1 aromatic carbocycles. The van der Waals surface area contributed by atoms with Gasteiger partial charge in [-0.1, -0.05) is 17.7 Å². The highest BCUT2D eigenvalue weighted by molar-refractivity contribution is 6.35. The summed E-state index contributed by atoms with van der Waals surface area (Å²) in [5, 5.41) is 6.44. The summed E-state index contributed by atoms with van der Waals surface area (Å²) in [5.41, 5.74) is 1.76. The second-order valence-corrected chi connectivity index (χ2v) is 7.29. The average Bonchev–Trinajstić information content (AvgIpc) is 3.01. The SMILES string of the molecule is CN1CC2(CCN(Cc3nn(C)c4cccc(Cl)c34)CC2)OC1=O. The largest absolute Gasteiger partial charge is 0.441 e. The zero-order valence-electron chi connectivity index (χ0n) is 14.0. The highest BCUT2D eigenvalue weighted by atomic mass is 35.5. The topological polar surface area (TPSA) is 50.6 Å². The van der Waals surface area contributed by atoms with Crippen LogP contribution in [0.5, 0.6) is 0 Å². The number of aryl methyl sites for hydroxylation is 1. The molecule has 2 aromatic rings. The second-order valence-electron chi connectivity index (χ2n) is 6.89. The molecule has 7 heteroatoms. The minimum absolute atomic E-state index is 0.203. The number of amides is 1. The van der Waals surface area contributed by atoms with E-state index < -0.39 is 0 Å². The third-order valence-corrected chi connectivity index (χ3v) is 5.50. The smallest absolute Gasteiger partial charge is 0.410 e. The van der Waals surface area contributed by atoms with Crippen molar-refractivity contribution in [3.63, 3.8) is 0 Å². The van der Waals surface area contributed by atoms with Crippen molar-refractivity contribution >= 4 is 28.6 Å². The number of fused-ring (bicyclic) bond motifs is 1. The van der Waals surface area contributed by atoms with Crippen LogP contribution < -0.4 is 0 Å². The first kappa shape index (κ1) is 15.7. The number of likely N-dealkylation sites (tertiary alicyclic amines) is 1. The summed E-state index contributed by atoms with van der Waals surface area (Å²) >= 11 is 6.39. The molecule has 1 amide bonds. The molecule has 2 fully saturated rings. The summed E-state index contributed by atoms with van der Waals surface area (Å²) in [6, 6.07) is 5.90. The normalized spacial score (nSPS) is 21.0. The number of aromatic nitrogens is 2. The van der Waals surface area contributed by atoms with Crippen LogP contribution in [-0.4, -0.2) is 58.0 Å². The van der Waals surface area contributed by atoms with E-state index in [1.807, 2.05) is 29.9 Å². The van der Waals surface area contributed by atoms with Gasteiger partial charge in [0.25, 0.3) is 0 Å². The van der Waals surface area contributed by atoms with Gasteiger partial charge in [-0.15, -0.1) is 0 Å². The number of hydrogen-bond acceptors (Lipinski definition) is 4. The Morgan fingerprint density at radius 2 is 2.04 bits per heavy atom. The standard InChI is InChI=1S/C17H21ClN4O2/c1-20-11-17(24-16(20)23)6-8-22(9-7-17)10-13-15-12(18)4-3-5-14(15)21(2)19-13/h3-5H,6-11H2,1-2H3. The van der Waals surface area contributed by atoms with Crippen LogP contribution in [0.4, 0.5) is 4.79 Å². The first-order chi connectivity index (χ1) is 11.5. The highest BCUT2D eigenvalue weighted by Crippen LogP contribution is 2.34. The fourth-order valence-corrected chi connectivity index (χ4v) is 4.13. The number of hydrogen-bond donors (Lipinski definition) is 0. The lowest BCUT2D eigenvalue weighted by molar-refractivity contribution is -0.00140. The lowest BCUT2D eigenvalue weighted by atomic mass is 9.91. The third kappa shape index (κ3) is 2.54. The molecule has 0 radical (unpaired) electrons. The Labute approximate surface area is 145 Å². The van der Waals surface area contributed by atoms with Crippen LogP contribution in [0, 0.1) is 0 Å². The molecule has 2 saturated heterocycles. The molecule has 2 aliphatic heterocycles. The zero-order valence-corrected chi connectivity index (χ0v) is 14.7. The molecule has 0 unspecified atom stereocenters. The van der Waals surface area contributed by atoms with Crippen molar-refractivity contribution in [2.75, 3.05) is 26.7 Å². The van der Waals surface area contributed by atoms with Crippen LogP contribution in [0.25, 0.3) is 10.9 Å². The molecule has 0 bridgehead atoms. The quantitative estimate of drug-likeness (QED) is 0.837. The first-order valence-electron chi connectivity index (χ1n) is 8.24. The number of carbonyl (C=O) groups excluding carboxylic acids is 1. The van der Waals surface area contributed by atoms with Gasteiger partial charge in [-0.2, -0.15) is 5.10 Å². The molecule has 4 rings (SSSR count). The van der Waals surface area contributed by atoms with Gasteiger partial charge < -0.3 is 9.64 Å². The van der Waals surface area contributed by atoms with Crippen LogP contribution >= 0.6 is 11.6 Å². The number of carbonyl (C=O) groups is 1. The summed E-state index contributed by atoms with van der Waals surface area (Å²) in [6.07, 6.45) is 1.52. The van der Waals surface area contributed by atoms with E-state index in [1.165, 1.54) is 0 Å². The summed E-state index contributed by atoms with van der Waals surface area (Å²) in [7, 11) is 3.74. The zero-order chi connectivity index (χ0) is 16.9. The highest BCUT2D eigenvalue weighted by Gasteiger charge is 2.45. The van der Waals surface area contributed by atoms with Crippen LogP contribution in [0.1, 0.15) is 18.5 Å². The molecule has 1 spiro atoms. The number of ether oxygens (including phenoxy) is 1. The average molecular weight is 349 g/mol. The number of halogens is 1. The van der Waals surface area contributed by atoms with Gasteiger partial charge in [0, 0.05) is 52.0 Å². The van der Waals surface area contributed by atoms with Crippen LogP contribution in [0.2, 0.25) is 5.02 Å². The van der Waals surface area contributed by atoms with Gasteiger partial charge >= 0.3 is 6.09 Å². The molecule has 0 N–H and O–H groups in total. The van der Waals surface area contributed by atoms with Gasteiger partial charge in [0.05, 0.1) is 22.8 Å². The van der Waals surface area contributed by atoms with Crippen molar-refractivity contribution in [1.29, 1.82) is 0 Å². The van der Waals surface area contributed by atoms with Gasteiger partial charge in [0.1, 0.15) is 5.60 Å². The minimum Gasteiger partial charge on any atom is -0.441 e. The van der Waals surface area contributed by atoms with Crippen LogP contribution in [-0.2, 0) is 18.3 Å². The number of benzene rings is 1. The van der Waals surface area contributed by atoms with Gasteiger partial charge in [-0.25, -0.2) is 4.79 Å². The molecular weight excluding hydrogens is 328 g/mol. The van der Waals surface area contributed by atoms with E-state index >= 15 is 0 Å². The van der Waals surface area contributed by atoms with E-state index in [0.29, 0.717) is 6.54 Å². The number of rotatable bonds is 2. The Balaban J connectivity index is 1.49. The van der Waals surface area contributed by atoms with Crippen molar-refractivity contribution < 1.29 is 9.53 Å². The lowest BCUT2D eigenvalue weighted by Crippen LogP contribution is -2.46. The molecule has 0 aliphatic carbocycles. The molecule has 128 valence electrons. The van der Waals surface area contributed by atoms with Gasteiger partial charge in [0.15, 0.2) is 0 Å². The second kappa shape index (κ2) is 5.63. The van der Waals surface area contributed by atoms with Crippen molar-refractivity contribution in [3.05, 3.63) is 28.9 Å². The van der Waals surface area contributed by atoms with E-state index in [1.54, 1.807) is 11.9 Å². The monoisotopic (exact) mass is 348 g/mol. The van der Waals surface area contributed by atoms with Crippen molar-refractivity contribution in [2.45, 2.75) is 25.0 Å². The first-order valence-corrected chi connectivity index (χ1v) is 8.62. The molecule has 24 heavy (non-hydrogen) atoms. The van der Waals surface area contributed by atoms with E-state index in [4.69, 9.17) is 16.3 Å². The Morgan fingerprint density at radius 3 is 2.71 bits per heavy atom. The molecule has 6 nitrogen and oxygen atoms in total. The third-order valence-electron chi connectivity index (χ3n) is 5.18. The van der Waals surface area contributed by atoms with Crippen molar-refractivity contribution in [1.82, 2.24) is 19.6 Å². The summed E-state index contributed by atoms with van der Waals surface area (Å²) in [5.74, 6) is 0. The number of piperidine rings is 1. The molecule has 3 heterocycles. The van der Waals surface area contributed by atoms with E-state index in [2.05, 4.69) is 10.00 Å². The van der Waals surface area contributed by atoms with Crippen molar-refractivity contribution in [2.24, 2.45) is 7.05 Å². The maximum absolute atomic E-state index is 11.7. The number of likely N-dealkylation sites (N-methyl/N-ethyl adjacent to an activating group) is 1. The molecule has 0 saturated carbocycles. The van der Waals surface area contributed by atoms with E-state index in [9.17, 15) is 4.79 Å². The number of nitrogens with zero attached hydrogens (tertiary/aromatic N) is 4. The Kier molecular flexibility index (Phi) is 3.69. The molecule has 2 aliphatic rings. The van der Waals surface area contributed by atoms with Crippen molar-refractivity contribution in [3.8, 4) is 0 Å². The minimum atomic E-state index is -0.299. The Bertz CT molecular complexity index is 795. The summed E-state index contributed by atoms with van der Waals surface area (Å²) in [4.78, 5) is 15.7. The van der Waals surface area contributed by atoms with Crippen LogP contribution in [0.15, 0.2) is 18.2 Å². The summed E-state index contributed by atoms with van der Waals surface area (Å²) in [6.45, 7) is 3.24. The van der Waals surface area contributed by atoms with Crippen LogP contribution in [0.3, 0.4) is 0 Å². The van der Waals surface area contributed by atoms with E-state index in [0.717, 1.165) is 54.1 Å². The fourth-order valence-electron chi connectivity index (χ4n) is 3.85. The van der Waals surface area contributed by atoms with Gasteiger partial charge in [0.2, 0.25) is 0 Å². The summed E-state index contributed by atoms with van der Waals surface area (Å²) < 4.78 is 7.50. The molecular formula is C17H21ClN4O2. The van der Waals surface area contributed by atoms with Gasteiger partial charge in [-0.05, 0) is 12.1 Å². The predicted molar refractivity (Wildman–Crippen MR) is 92.1 cm³/mol. The van der Waals surface area contributed by atoms with Gasteiger partial charge in [-0.3, -0.25) is 9.58 Å². The predicted octanol–water partition coefficient (Wildman–Crippen LogP) is 2.64. The Morgan fingerprint density at radius 1 is 1.29 bits per heavy atom. The molecule has 0 atom stereocenters. The lowest BCUT2D eigenvalue weighted by Gasteiger charge is -2.37. The maximum atomic E-state index is 11.7.